The van der Waals surface area contributed by atoms with E-state index in [1.54, 1.807) is 0 Å². The van der Waals surface area contributed by atoms with Crippen LogP contribution in [0.5, 0.6) is 0 Å². The normalized spacial score (nSPS) is 9.50. The first-order valence-corrected chi connectivity index (χ1v) is 5.41. The largest absolute Gasteiger partial charge is 0.364 e. The van der Waals surface area contributed by atoms with Crippen LogP contribution in [-0.2, 0) is 0 Å². The van der Waals surface area contributed by atoms with Crippen molar-refractivity contribution in [2.75, 3.05) is 11.9 Å². The van der Waals surface area contributed by atoms with E-state index in [0.29, 0.717) is 17.4 Å². The van der Waals surface area contributed by atoms with Crippen molar-refractivity contribution in [2.24, 2.45) is 0 Å². The molecule has 0 saturated carbocycles. The van der Waals surface area contributed by atoms with E-state index in [2.05, 4.69) is 32.2 Å². The smallest absolute Gasteiger partial charge is 0.312 e. The van der Waals surface area contributed by atoms with Gasteiger partial charge in [0.15, 0.2) is 0 Å². The molecular formula is C10H10BrN3O2. The molecule has 1 N–H and O–H groups in total. The van der Waals surface area contributed by atoms with Gasteiger partial charge in [0.25, 0.3) is 0 Å². The molecule has 1 aromatic heterocycles. The Labute approximate surface area is 102 Å². The van der Waals surface area contributed by atoms with E-state index >= 15 is 0 Å². The maximum atomic E-state index is 10.7. The third-order valence-corrected chi connectivity index (χ3v) is 2.25. The van der Waals surface area contributed by atoms with Gasteiger partial charge in [-0.1, -0.05) is 0 Å². The predicted molar refractivity (Wildman–Crippen MR) is 65.1 cm³/mol. The number of nitrogens with zero attached hydrogens (tertiary/aromatic N) is 2. The first-order valence-electron chi connectivity index (χ1n) is 4.62. The van der Waals surface area contributed by atoms with Gasteiger partial charge in [-0.05, 0) is 22.4 Å². The summed E-state index contributed by atoms with van der Waals surface area (Å²) in [5.41, 5.74) is -0.0462. The second-order valence-corrected chi connectivity index (χ2v) is 3.93. The standard InChI is InChI=1S/C10H10BrN3O2/c1-2-3-4-5-12-10-9(14(15)16)6-8(11)7-13-10/h1,6-7H,3-5H2,(H,12,13). The summed E-state index contributed by atoms with van der Waals surface area (Å²) < 4.78 is 0.577. The minimum Gasteiger partial charge on any atom is -0.364 e. The highest BCUT2D eigenvalue weighted by Gasteiger charge is 2.14. The Bertz CT molecular complexity index is 429. The Morgan fingerprint density at radius 3 is 3.06 bits per heavy atom. The number of unbranched alkanes of at least 4 members (excludes halogenated alkanes) is 1. The van der Waals surface area contributed by atoms with Crippen LogP contribution < -0.4 is 5.32 Å². The molecule has 1 heterocycles. The molecule has 0 radical (unpaired) electrons. The highest BCUT2D eigenvalue weighted by atomic mass is 79.9. The molecule has 6 heteroatoms. The molecule has 0 aliphatic carbocycles. The molecule has 0 bridgehead atoms. The van der Waals surface area contributed by atoms with Crippen LogP contribution in [0.25, 0.3) is 0 Å². The van der Waals surface area contributed by atoms with Crippen molar-refractivity contribution in [3.8, 4) is 12.3 Å². The van der Waals surface area contributed by atoms with E-state index in [4.69, 9.17) is 6.42 Å². The van der Waals surface area contributed by atoms with Crippen LogP contribution in [0.3, 0.4) is 0 Å². The summed E-state index contributed by atoms with van der Waals surface area (Å²) in [5.74, 6) is 2.77. The molecule has 84 valence electrons. The lowest BCUT2D eigenvalue weighted by atomic mass is 10.3. The van der Waals surface area contributed by atoms with Gasteiger partial charge in [-0.3, -0.25) is 10.1 Å². The molecule has 0 atom stereocenters. The van der Waals surface area contributed by atoms with Crippen LogP contribution in [0.1, 0.15) is 12.8 Å². The summed E-state index contributed by atoms with van der Waals surface area (Å²) in [6.07, 6.45) is 8.00. The van der Waals surface area contributed by atoms with E-state index < -0.39 is 4.92 Å². The van der Waals surface area contributed by atoms with E-state index in [-0.39, 0.29) is 11.5 Å². The fraction of sp³-hybridized carbons (Fsp3) is 0.300. The number of halogens is 1. The molecule has 0 aliphatic heterocycles. The number of anilines is 1. The predicted octanol–water partition coefficient (Wildman–Crippen LogP) is 2.58. The molecule has 0 aromatic carbocycles. The SMILES string of the molecule is C#CCCCNc1ncc(Br)cc1[N+](=O)[O-]. The number of nitrogens with one attached hydrogen (secondary N) is 1. The molecule has 0 fully saturated rings. The van der Waals surface area contributed by atoms with E-state index in [1.807, 2.05) is 0 Å². The van der Waals surface area contributed by atoms with Gasteiger partial charge in [0.1, 0.15) is 0 Å². The summed E-state index contributed by atoms with van der Waals surface area (Å²) in [4.78, 5) is 14.2. The minimum atomic E-state index is -0.471. The van der Waals surface area contributed by atoms with E-state index in [1.165, 1.54) is 12.3 Å². The first-order chi connectivity index (χ1) is 7.65. The minimum absolute atomic E-state index is 0.0462. The highest BCUT2D eigenvalue weighted by molar-refractivity contribution is 9.10. The van der Waals surface area contributed by atoms with Crippen LogP contribution >= 0.6 is 15.9 Å². The number of nitro groups is 1. The molecule has 0 spiro atoms. The third kappa shape index (κ3) is 3.51. The average molecular weight is 284 g/mol. The van der Waals surface area contributed by atoms with Gasteiger partial charge in [0.2, 0.25) is 5.82 Å². The fourth-order valence-electron chi connectivity index (χ4n) is 1.10. The molecular weight excluding hydrogens is 274 g/mol. The van der Waals surface area contributed by atoms with Crippen molar-refractivity contribution >= 4 is 27.4 Å². The highest BCUT2D eigenvalue weighted by Crippen LogP contribution is 2.25. The molecule has 0 amide bonds. The lowest BCUT2D eigenvalue weighted by molar-refractivity contribution is -0.384. The Morgan fingerprint density at radius 2 is 2.44 bits per heavy atom. The van der Waals surface area contributed by atoms with E-state index in [9.17, 15) is 10.1 Å². The lowest BCUT2D eigenvalue weighted by Crippen LogP contribution is -2.05. The van der Waals surface area contributed by atoms with Gasteiger partial charge < -0.3 is 5.32 Å². The quantitative estimate of drug-likeness (QED) is 0.390. The van der Waals surface area contributed by atoms with Crippen molar-refractivity contribution in [3.05, 3.63) is 26.9 Å². The van der Waals surface area contributed by atoms with Gasteiger partial charge in [-0.2, -0.15) is 0 Å². The summed E-state index contributed by atoms with van der Waals surface area (Å²) >= 11 is 3.14. The molecule has 1 aromatic rings. The van der Waals surface area contributed by atoms with Crippen LogP contribution in [0.15, 0.2) is 16.7 Å². The molecule has 5 nitrogen and oxygen atoms in total. The second-order valence-electron chi connectivity index (χ2n) is 3.01. The molecule has 0 aliphatic rings. The Balaban J connectivity index is 2.72. The topological polar surface area (TPSA) is 68.1 Å². The van der Waals surface area contributed by atoms with Crippen LogP contribution in [-0.4, -0.2) is 16.5 Å². The Hall–Kier alpha value is -1.61. The zero-order valence-electron chi connectivity index (χ0n) is 8.44. The van der Waals surface area contributed by atoms with Crippen LogP contribution in [0.2, 0.25) is 0 Å². The van der Waals surface area contributed by atoms with Crippen molar-refractivity contribution in [2.45, 2.75) is 12.8 Å². The third-order valence-electron chi connectivity index (χ3n) is 1.82. The van der Waals surface area contributed by atoms with E-state index in [0.717, 1.165) is 6.42 Å². The maximum absolute atomic E-state index is 10.7. The molecule has 1 rings (SSSR count). The summed E-state index contributed by atoms with van der Waals surface area (Å²) in [7, 11) is 0. The number of terminal acetylenes is 1. The van der Waals surface area contributed by atoms with Gasteiger partial charge in [-0.15, -0.1) is 12.3 Å². The summed E-state index contributed by atoms with van der Waals surface area (Å²) in [6.45, 7) is 0.569. The monoisotopic (exact) mass is 283 g/mol. The van der Waals surface area contributed by atoms with Crippen LogP contribution in [0, 0.1) is 22.5 Å². The van der Waals surface area contributed by atoms with Crippen molar-refractivity contribution in [3.63, 3.8) is 0 Å². The Kier molecular flexibility index (Phi) is 4.73. The fourth-order valence-corrected chi connectivity index (χ4v) is 1.42. The van der Waals surface area contributed by atoms with Crippen LogP contribution in [0.4, 0.5) is 11.5 Å². The van der Waals surface area contributed by atoms with Gasteiger partial charge >= 0.3 is 5.69 Å². The Morgan fingerprint density at radius 1 is 1.69 bits per heavy atom. The second kappa shape index (κ2) is 6.08. The van der Waals surface area contributed by atoms with Gasteiger partial charge in [-0.25, -0.2) is 4.98 Å². The maximum Gasteiger partial charge on any atom is 0.312 e. The number of pyridine rings is 1. The van der Waals surface area contributed by atoms with Crippen molar-refractivity contribution in [1.29, 1.82) is 0 Å². The summed E-state index contributed by atoms with van der Waals surface area (Å²) in [6, 6.07) is 1.41. The van der Waals surface area contributed by atoms with Gasteiger partial charge in [0.05, 0.1) is 4.92 Å². The lowest BCUT2D eigenvalue weighted by Gasteiger charge is -2.04. The first kappa shape index (κ1) is 12.5. The zero-order chi connectivity index (χ0) is 12.0. The van der Waals surface area contributed by atoms with Crippen molar-refractivity contribution < 1.29 is 4.92 Å². The number of rotatable bonds is 5. The molecule has 16 heavy (non-hydrogen) atoms. The molecule has 0 saturated heterocycles. The number of hydrogen-bond acceptors (Lipinski definition) is 4. The molecule has 0 unspecified atom stereocenters. The number of hydrogen-bond donors (Lipinski definition) is 1. The van der Waals surface area contributed by atoms with Crippen molar-refractivity contribution in [1.82, 2.24) is 4.98 Å². The summed E-state index contributed by atoms with van der Waals surface area (Å²) in [5, 5.41) is 13.6. The average Bonchev–Trinajstić information content (AvgIpc) is 2.26. The van der Waals surface area contributed by atoms with Gasteiger partial charge in [0, 0.05) is 29.7 Å². The zero-order valence-corrected chi connectivity index (χ0v) is 10.0. The number of aromatic nitrogens is 1.